The summed E-state index contributed by atoms with van der Waals surface area (Å²) in [6.07, 6.45) is 1.38. The van der Waals surface area contributed by atoms with Crippen LogP contribution in [0.3, 0.4) is 0 Å². The molecular formula is C14H15IO4. The van der Waals surface area contributed by atoms with Crippen molar-refractivity contribution in [3.05, 3.63) is 35.4 Å². The van der Waals surface area contributed by atoms with Crippen molar-refractivity contribution < 1.29 is 19.0 Å². The van der Waals surface area contributed by atoms with Gasteiger partial charge in [-0.15, -0.1) is 0 Å². The second kappa shape index (κ2) is 5.40. The van der Waals surface area contributed by atoms with Crippen molar-refractivity contribution in [1.29, 1.82) is 0 Å². The molecule has 5 heteroatoms. The maximum atomic E-state index is 11.4. The first-order valence-electron chi connectivity index (χ1n) is 5.77. The number of carbonyl (C=O) groups excluding carboxylic acids is 1. The molecule has 0 saturated carbocycles. The van der Waals surface area contributed by atoms with Crippen molar-refractivity contribution in [2.45, 2.75) is 12.5 Å². The lowest BCUT2D eigenvalue weighted by Crippen LogP contribution is -2.22. The molecule has 4 nitrogen and oxygen atoms in total. The van der Waals surface area contributed by atoms with Crippen LogP contribution in [0.25, 0.3) is 5.76 Å². The summed E-state index contributed by atoms with van der Waals surface area (Å²) in [5.74, 6) is 0.899. The molecule has 1 aliphatic heterocycles. The average Bonchev–Trinajstić information content (AvgIpc) is 2.72. The number of ether oxygens (including phenoxy) is 3. The number of hydrogen-bond donors (Lipinski definition) is 0. The molecule has 0 N–H and O–H groups in total. The summed E-state index contributed by atoms with van der Waals surface area (Å²) in [5.41, 5.74) is 1.48. The van der Waals surface area contributed by atoms with Crippen LogP contribution in [0.2, 0.25) is 0 Å². The highest BCUT2D eigenvalue weighted by atomic mass is 127. The zero-order chi connectivity index (χ0) is 14.0. The smallest absolute Gasteiger partial charge is 0.334 e. The average molecular weight is 374 g/mol. The number of hydrogen-bond acceptors (Lipinski definition) is 4. The Morgan fingerprint density at radius 3 is 2.79 bits per heavy atom. The number of benzene rings is 1. The number of alkyl halides is 1. The molecule has 0 fully saturated rings. The first kappa shape index (κ1) is 14.2. The van der Waals surface area contributed by atoms with Crippen LogP contribution in [-0.2, 0) is 19.9 Å². The highest BCUT2D eigenvalue weighted by Gasteiger charge is 2.39. The van der Waals surface area contributed by atoms with E-state index in [2.05, 4.69) is 27.3 Å². The molecule has 102 valence electrons. The third-order valence-corrected chi connectivity index (χ3v) is 4.56. The fourth-order valence-electron chi connectivity index (χ4n) is 2.03. The Hall–Kier alpha value is -1.24. The second-order valence-corrected chi connectivity index (χ2v) is 5.17. The van der Waals surface area contributed by atoms with Crippen molar-refractivity contribution in [1.82, 2.24) is 0 Å². The molecule has 0 bridgehead atoms. The number of esters is 1. The SMILES string of the molecule is COC(=O)/C=C1\OC(C)(CI)c2cc(OC)ccc21. The third-order valence-electron chi connectivity index (χ3n) is 3.10. The van der Waals surface area contributed by atoms with Crippen LogP contribution in [0.5, 0.6) is 5.75 Å². The Morgan fingerprint density at radius 2 is 2.21 bits per heavy atom. The topological polar surface area (TPSA) is 44.8 Å². The Morgan fingerprint density at radius 1 is 1.47 bits per heavy atom. The van der Waals surface area contributed by atoms with Gasteiger partial charge in [-0.2, -0.15) is 0 Å². The molecule has 19 heavy (non-hydrogen) atoms. The lowest BCUT2D eigenvalue weighted by Gasteiger charge is -2.22. The van der Waals surface area contributed by atoms with Crippen molar-refractivity contribution in [2.75, 3.05) is 18.6 Å². The van der Waals surface area contributed by atoms with Gasteiger partial charge in [0, 0.05) is 15.6 Å². The molecule has 1 unspecified atom stereocenters. The molecule has 0 aromatic heterocycles. The van der Waals surface area contributed by atoms with Crippen LogP contribution in [0.1, 0.15) is 18.1 Å². The number of rotatable bonds is 3. The fourth-order valence-corrected chi connectivity index (χ4v) is 2.59. The summed E-state index contributed by atoms with van der Waals surface area (Å²) in [6, 6.07) is 5.71. The maximum absolute atomic E-state index is 11.4. The summed E-state index contributed by atoms with van der Waals surface area (Å²) in [5, 5.41) is 0. The normalized spacial score (nSPS) is 22.8. The molecule has 1 aromatic rings. The van der Waals surface area contributed by atoms with E-state index in [1.807, 2.05) is 25.1 Å². The van der Waals surface area contributed by atoms with Gasteiger partial charge in [-0.3, -0.25) is 0 Å². The second-order valence-electron chi connectivity index (χ2n) is 4.41. The monoisotopic (exact) mass is 374 g/mol. The minimum atomic E-state index is -0.454. The molecule has 0 radical (unpaired) electrons. The van der Waals surface area contributed by atoms with Crippen molar-refractivity contribution in [3.8, 4) is 5.75 Å². The summed E-state index contributed by atoms with van der Waals surface area (Å²) in [4.78, 5) is 11.4. The minimum absolute atomic E-state index is 0.422. The van der Waals surface area contributed by atoms with Gasteiger partial charge in [0.05, 0.1) is 20.3 Å². The third kappa shape index (κ3) is 2.56. The predicted molar refractivity (Wildman–Crippen MR) is 80.3 cm³/mol. The first-order valence-corrected chi connectivity index (χ1v) is 7.30. The zero-order valence-corrected chi connectivity index (χ0v) is 13.2. The molecule has 1 aromatic carbocycles. The van der Waals surface area contributed by atoms with Gasteiger partial charge < -0.3 is 14.2 Å². The van der Waals surface area contributed by atoms with Crippen LogP contribution < -0.4 is 4.74 Å². The zero-order valence-electron chi connectivity index (χ0n) is 11.0. The Labute approximate surface area is 125 Å². The summed E-state index contributed by atoms with van der Waals surface area (Å²) in [7, 11) is 2.98. The Kier molecular flexibility index (Phi) is 4.03. The van der Waals surface area contributed by atoms with Crippen LogP contribution in [0, 0.1) is 0 Å². The largest absolute Gasteiger partial charge is 0.497 e. The van der Waals surface area contributed by atoms with E-state index in [1.54, 1.807) is 7.11 Å². The summed E-state index contributed by atoms with van der Waals surface area (Å²) < 4.78 is 16.6. The van der Waals surface area contributed by atoms with E-state index in [4.69, 9.17) is 9.47 Å². The van der Waals surface area contributed by atoms with Crippen molar-refractivity contribution in [3.63, 3.8) is 0 Å². The number of methoxy groups -OCH3 is 2. The van der Waals surface area contributed by atoms with Crippen LogP contribution in [0.4, 0.5) is 0 Å². The standard InChI is InChI=1S/C14H15IO4/c1-14(8-15)11-6-9(17-2)4-5-10(11)12(19-14)7-13(16)18-3/h4-7H,8H2,1-3H3/b12-7-. The lowest BCUT2D eigenvalue weighted by molar-refractivity contribution is -0.134. The van der Waals surface area contributed by atoms with Crippen LogP contribution >= 0.6 is 22.6 Å². The van der Waals surface area contributed by atoms with E-state index in [0.717, 1.165) is 21.3 Å². The molecule has 2 rings (SSSR count). The Bertz CT molecular complexity index is 538. The highest BCUT2D eigenvalue weighted by molar-refractivity contribution is 14.1. The maximum Gasteiger partial charge on any atom is 0.334 e. The number of carbonyl (C=O) groups is 1. The minimum Gasteiger partial charge on any atom is -0.497 e. The van der Waals surface area contributed by atoms with Gasteiger partial charge in [0.25, 0.3) is 0 Å². The summed E-state index contributed by atoms with van der Waals surface area (Å²) in [6.45, 7) is 2.00. The first-order chi connectivity index (χ1) is 9.04. The van der Waals surface area contributed by atoms with Crippen LogP contribution in [0.15, 0.2) is 24.3 Å². The quantitative estimate of drug-likeness (QED) is 0.353. The van der Waals surface area contributed by atoms with Gasteiger partial charge in [-0.1, -0.05) is 22.6 Å². The van der Waals surface area contributed by atoms with Gasteiger partial charge in [0.15, 0.2) is 0 Å². The Balaban J connectivity index is 2.53. The van der Waals surface area contributed by atoms with E-state index in [9.17, 15) is 4.79 Å². The van der Waals surface area contributed by atoms with E-state index in [0.29, 0.717) is 5.76 Å². The molecule has 1 heterocycles. The van der Waals surface area contributed by atoms with Crippen LogP contribution in [-0.4, -0.2) is 24.6 Å². The molecule has 1 aliphatic rings. The number of fused-ring (bicyclic) bond motifs is 1. The fraction of sp³-hybridized carbons (Fsp3) is 0.357. The van der Waals surface area contributed by atoms with Crippen molar-refractivity contribution >= 4 is 34.3 Å². The van der Waals surface area contributed by atoms with Gasteiger partial charge in [0.1, 0.15) is 17.1 Å². The molecular weight excluding hydrogens is 359 g/mol. The van der Waals surface area contributed by atoms with E-state index in [1.165, 1.54) is 13.2 Å². The molecule has 0 amide bonds. The molecule has 0 saturated heterocycles. The van der Waals surface area contributed by atoms with Gasteiger partial charge in [-0.25, -0.2) is 4.79 Å². The molecule has 0 spiro atoms. The summed E-state index contributed by atoms with van der Waals surface area (Å²) >= 11 is 2.27. The van der Waals surface area contributed by atoms with E-state index >= 15 is 0 Å². The number of halogens is 1. The van der Waals surface area contributed by atoms with Gasteiger partial charge in [0.2, 0.25) is 0 Å². The predicted octanol–water partition coefficient (Wildman–Crippen LogP) is 2.89. The molecule has 1 atom stereocenters. The van der Waals surface area contributed by atoms with Gasteiger partial charge >= 0.3 is 5.97 Å². The van der Waals surface area contributed by atoms with E-state index in [-0.39, 0.29) is 0 Å². The highest BCUT2D eigenvalue weighted by Crippen LogP contribution is 2.45. The molecule has 0 aliphatic carbocycles. The van der Waals surface area contributed by atoms with Gasteiger partial charge in [-0.05, 0) is 25.1 Å². The lowest BCUT2D eigenvalue weighted by atomic mass is 9.95. The van der Waals surface area contributed by atoms with E-state index < -0.39 is 11.6 Å². The van der Waals surface area contributed by atoms with Crippen molar-refractivity contribution in [2.24, 2.45) is 0 Å².